The third-order valence-corrected chi connectivity index (χ3v) is 4.91. The molecule has 1 aliphatic rings. The van der Waals surface area contributed by atoms with Gasteiger partial charge in [-0.2, -0.15) is 0 Å². The van der Waals surface area contributed by atoms with Crippen LogP contribution < -0.4 is 0 Å². The fourth-order valence-corrected chi connectivity index (χ4v) is 2.71. The molecule has 0 radical (unpaired) electrons. The van der Waals surface area contributed by atoms with Crippen LogP contribution in [0.25, 0.3) is 0 Å². The lowest BCUT2D eigenvalue weighted by molar-refractivity contribution is -0.140. The van der Waals surface area contributed by atoms with Gasteiger partial charge in [-0.05, 0) is 57.9 Å². The van der Waals surface area contributed by atoms with Gasteiger partial charge in [0.25, 0.3) is 0 Å². The first kappa shape index (κ1) is 18.7. The standard InChI is InChI=1S/C17H24BFO5/c1-10-7-11(19)8-12(15(10)21)13(9-14(20)22-6)18-23-16(2,3)17(4,5)24-18/h7-8,13,21H,9H2,1-6H3. The molecule has 1 unspecified atom stereocenters. The number of carbonyl (C=O) groups is 1. The number of ether oxygens (including phenoxy) is 1. The molecule has 0 bridgehead atoms. The minimum absolute atomic E-state index is 0.0694. The average Bonchev–Trinajstić information content (AvgIpc) is 2.68. The molecule has 1 saturated heterocycles. The summed E-state index contributed by atoms with van der Waals surface area (Å²) >= 11 is 0. The maximum Gasteiger partial charge on any atom is 0.466 e. The van der Waals surface area contributed by atoms with Crippen molar-refractivity contribution in [1.29, 1.82) is 0 Å². The second-order valence-electron chi connectivity index (χ2n) is 7.17. The number of rotatable bonds is 4. The van der Waals surface area contributed by atoms with Crippen LogP contribution in [0.15, 0.2) is 12.1 Å². The third-order valence-electron chi connectivity index (χ3n) is 4.91. The first-order valence-electron chi connectivity index (χ1n) is 7.90. The summed E-state index contributed by atoms with van der Waals surface area (Å²) in [7, 11) is 0.474. The molecule has 0 aliphatic carbocycles. The van der Waals surface area contributed by atoms with Gasteiger partial charge in [-0.25, -0.2) is 4.39 Å². The van der Waals surface area contributed by atoms with E-state index in [0.717, 1.165) is 0 Å². The van der Waals surface area contributed by atoms with E-state index in [1.54, 1.807) is 6.92 Å². The molecule has 1 aromatic carbocycles. The summed E-state index contributed by atoms with van der Waals surface area (Å²) in [6.07, 6.45) is -0.0935. The Bertz CT molecular complexity index is 628. The Balaban J connectivity index is 2.46. The number of hydrogen-bond donors (Lipinski definition) is 1. The van der Waals surface area contributed by atoms with Crippen LogP contribution in [0.3, 0.4) is 0 Å². The zero-order chi connectivity index (χ0) is 18.3. The maximum atomic E-state index is 13.9. The second kappa shape index (κ2) is 6.37. The minimum atomic E-state index is -0.804. The molecule has 1 atom stereocenters. The first-order valence-corrected chi connectivity index (χ1v) is 7.90. The number of aryl methyl sites for hydroxylation is 1. The normalized spacial score (nSPS) is 20.0. The molecule has 1 fully saturated rings. The number of methoxy groups -OCH3 is 1. The zero-order valence-electron chi connectivity index (χ0n) is 15.0. The summed E-state index contributed by atoms with van der Waals surface area (Å²) in [6.45, 7) is 9.15. The topological polar surface area (TPSA) is 65.0 Å². The third kappa shape index (κ3) is 3.42. The highest BCUT2D eigenvalue weighted by Gasteiger charge is 2.54. The van der Waals surface area contributed by atoms with Gasteiger partial charge in [0.05, 0.1) is 24.7 Å². The summed E-state index contributed by atoms with van der Waals surface area (Å²) in [6, 6.07) is 2.44. The van der Waals surface area contributed by atoms with Gasteiger partial charge in [-0.1, -0.05) is 0 Å². The molecule has 0 amide bonds. The van der Waals surface area contributed by atoms with E-state index in [1.165, 1.54) is 19.2 Å². The number of aromatic hydroxyl groups is 1. The van der Waals surface area contributed by atoms with Crippen molar-refractivity contribution in [2.24, 2.45) is 0 Å². The van der Waals surface area contributed by atoms with Crippen LogP contribution >= 0.6 is 0 Å². The van der Waals surface area contributed by atoms with Crippen molar-refractivity contribution in [2.75, 3.05) is 7.11 Å². The van der Waals surface area contributed by atoms with E-state index in [9.17, 15) is 14.3 Å². The van der Waals surface area contributed by atoms with Crippen LogP contribution in [0.1, 0.15) is 51.1 Å². The highest BCUT2D eigenvalue weighted by atomic mass is 19.1. The van der Waals surface area contributed by atoms with E-state index in [1.807, 2.05) is 27.7 Å². The van der Waals surface area contributed by atoms with Gasteiger partial charge in [-0.15, -0.1) is 0 Å². The van der Waals surface area contributed by atoms with Crippen molar-refractivity contribution >= 4 is 13.1 Å². The van der Waals surface area contributed by atoms with Crippen LogP contribution in [0.4, 0.5) is 4.39 Å². The van der Waals surface area contributed by atoms with Gasteiger partial charge in [0.1, 0.15) is 11.6 Å². The Labute approximate surface area is 142 Å². The van der Waals surface area contributed by atoms with Crippen LogP contribution in [-0.2, 0) is 18.8 Å². The van der Waals surface area contributed by atoms with E-state index in [0.29, 0.717) is 5.56 Å². The van der Waals surface area contributed by atoms with Crippen molar-refractivity contribution in [2.45, 2.75) is 58.1 Å². The van der Waals surface area contributed by atoms with E-state index in [4.69, 9.17) is 14.0 Å². The van der Waals surface area contributed by atoms with Gasteiger partial charge in [0, 0.05) is 5.82 Å². The summed E-state index contributed by atoms with van der Waals surface area (Å²) in [5.41, 5.74) is -0.554. The predicted molar refractivity (Wildman–Crippen MR) is 88.3 cm³/mol. The lowest BCUT2D eigenvalue weighted by atomic mass is 9.65. The molecule has 5 nitrogen and oxygen atoms in total. The number of hydrogen-bond acceptors (Lipinski definition) is 5. The lowest BCUT2D eigenvalue weighted by Gasteiger charge is -2.32. The zero-order valence-corrected chi connectivity index (χ0v) is 15.0. The molecule has 132 valence electrons. The van der Waals surface area contributed by atoms with Crippen LogP contribution in [0.5, 0.6) is 5.75 Å². The van der Waals surface area contributed by atoms with Crippen LogP contribution in [-0.4, -0.2) is 36.5 Å². The van der Waals surface area contributed by atoms with Crippen molar-refractivity contribution in [3.63, 3.8) is 0 Å². The molecule has 7 heteroatoms. The molecule has 1 aliphatic heterocycles. The number of phenolic OH excluding ortho intramolecular Hbond substituents is 1. The molecular formula is C17H24BFO5. The molecule has 24 heavy (non-hydrogen) atoms. The first-order chi connectivity index (χ1) is 11.0. The largest absolute Gasteiger partial charge is 0.507 e. The smallest absolute Gasteiger partial charge is 0.466 e. The highest BCUT2D eigenvalue weighted by Crippen LogP contribution is 2.44. The van der Waals surface area contributed by atoms with Gasteiger partial charge in [-0.3, -0.25) is 4.79 Å². The van der Waals surface area contributed by atoms with Gasteiger partial charge in [0.2, 0.25) is 0 Å². The average molecular weight is 338 g/mol. The predicted octanol–water partition coefficient (Wildman–Crippen LogP) is 3.12. The SMILES string of the molecule is COC(=O)CC(B1OC(C)(C)C(C)(C)O1)c1cc(F)cc(C)c1O. The van der Waals surface area contributed by atoms with Crippen molar-refractivity contribution in [1.82, 2.24) is 0 Å². The van der Waals surface area contributed by atoms with Crippen molar-refractivity contribution < 1.29 is 28.3 Å². The number of esters is 1. The quantitative estimate of drug-likeness (QED) is 0.675. The Morgan fingerprint density at radius 3 is 2.33 bits per heavy atom. The van der Waals surface area contributed by atoms with Gasteiger partial charge >= 0.3 is 13.1 Å². The van der Waals surface area contributed by atoms with Gasteiger partial charge in [0.15, 0.2) is 0 Å². The number of phenols is 1. The lowest BCUT2D eigenvalue weighted by Crippen LogP contribution is -2.41. The Hall–Kier alpha value is -1.60. The molecule has 1 N–H and O–H groups in total. The molecule has 1 aromatic rings. The van der Waals surface area contributed by atoms with Crippen molar-refractivity contribution in [3.05, 3.63) is 29.1 Å². The van der Waals surface area contributed by atoms with Crippen LogP contribution in [0, 0.1) is 12.7 Å². The maximum absolute atomic E-state index is 13.9. The second-order valence-corrected chi connectivity index (χ2v) is 7.17. The molecule has 0 saturated carbocycles. The molecule has 1 heterocycles. The summed E-state index contributed by atoms with van der Waals surface area (Å²) in [4.78, 5) is 11.8. The highest BCUT2D eigenvalue weighted by molar-refractivity contribution is 6.48. The number of benzene rings is 1. The fourth-order valence-electron chi connectivity index (χ4n) is 2.71. The molecule has 0 spiro atoms. The van der Waals surface area contributed by atoms with Crippen LogP contribution in [0.2, 0.25) is 0 Å². The number of halogens is 1. The van der Waals surface area contributed by atoms with Gasteiger partial charge < -0.3 is 19.2 Å². The van der Waals surface area contributed by atoms with E-state index >= 15 is 0 Å². The molecule has 2 rings (SSSR count). The summed E-state index contributed by atoms with van der Waals surface area (Å²) < 4.78 is 30.6. The van der Waals surface area contributed by atoms with Crippen molar-refractivity contribution in [3.8, 4) is 5.75 Å². The molecular weight excluding hydrogens is 314 g/mol. The Kier molecular flexibility index (Phi) is 4.97. The summed E-state index contributed by atoms with van der Waals surface area (Å²) in [5, 5.41) is 10.4. The monoisotopic (exact) mass is 338 g/mol. The minimum Gasteiger partial charge on any atom is -0.507 e. The van der Waals surface area contributed by atoms with E-state index in [-0.39, 0.29) is 17.7 Å². The van der Waals surface area contributed by atoms with E-state index in [2.05, 4.69) is 0 Å². The molecule has 0 aromatic heterocycles. The Morgan fingerprint density at radius 1 is 1.29 bits per heavy atom. The Morgan fingerprint density at radius 2 is 1.83 bits per heavy atom. The fraction of sp³-hybridized carbons (Fsp3) is 0.588. The van der Waals surface area contributed by atoms with E-state index < -0.39 is 35.9 Å². The summed E-state index contributed by atoms with van der Waals surface area (Å²) in [5.74, 6) is -1.74. The number of carbonyl (C=O) groups excluding carboxylic acids is 1.